The molecule has 0 spiro atoms. The number of fused-ring (bicyclic) bond motifs is 1. The Morgan fingerprint density at radius 1 is 0.921 bits per heavy atom. The molecule has 1 aliphatic rings. The quantitative estimate of drug-likeness (QED) is 0.393. The zero-order valence-corrected chi connectivity index (χ0v) is 23.3. The number of nitrogens with one attached hydrogen (secondary N) is 2. The van der Waals surface area contributed by atoms with Crippen LogP contribution in [0.4, 0.5) is 17.1 Å². The van der Waals surface area contributed by atoms with Gasteiger partial charge in [0.15, 0.2) is 11.5 Å². The number of sulfonamides is 2. The Morgan fingerprint density at radius 2 is 1.58 bits per heavy atom. The fourth-order valence-electron chi connectivity index (χ4n) is 3.72. The van der Waals surface area contributed by atoms with Crippen LogP contribution in [0.1, 0.15) is 6.92 Å². The van der Waals surface area contributed by atoms with Crippen LogP contribution < -0.4 is 23.8 Å². The summed E-state index contributed by atoms with van der Waals surface area (Å²) >= 11 is 11.9. The van der Waals surface area contributed by atoms with Gasteiger partial charge in [-0.1, -0.05) is 23.2 Å². The Labute approximate surface area is 230 Å². The summed E-state index contributed by atoms with van der Waals surface area (Å²) in [5, 5.41) is 3.11. The van der Waals surface area contributed by atoms with Gasteiger partial charge in [0.1, 0.15) is 19.3 Å². The van der Waals surface area contributed by atoms with Gasteiger partial charge in [-0.25, -0.2) is 16.8 Å². The summed E-state index contributed by atoms with van der Waals surface area (Å²) in [7, 11) is -7.86. The van der Waals surface area contributed by atoms with Crippen LogP contribution in [0.3, 0.4) is 0 Å². The number of hydrogen-bond donors (Lipinski definition) is 2. The van der Waals surface area contributed by atoms with Crippen LogP contribution in [0, 0.1) is 0 Å². The number of anilines is 3. The minimum absolute atomic E-state index is 0.0800. The number of nitrogens with zero attached hydrogens (tertiary/aromatic N) is 1. The average Bonchev–Trinajstić information content (AvgIpc) is 2.85. The van der Waals surface area contributed by atoms with E-state index in [1.165, 1.54) is 61.5 Å². The van der Waals surface area contributed by atoms with Crippen LogP contribution in [0.5, 0.6) is 11.5 Å². The van der Waals surface area contributed by atoms with E-state index >= 15 is 0 Å². The van der Waals surface area contributed by atoms with Gasteiger partial charge in [-0.05, 0) is 61.5 Å². The van der Waals surface area contributed by atoms with Crippen LogP contribution in [0.15, 0.2) is 65.6 Å². The molecule has 1 atom stereocenters. The molecule has 0 radical (unpaired) electrons. The summed E-state index contributed by atoms with van der Waals surface area (Å²) in [6, 6.07) is 13.2. The Morgan fingerprint density at radius 3 is 2.21 bits per heavy atom. The van der Waals surface area contributed by atoms with Crippen molar-refractivity contribution in [2.45, 2.75) is 17.9 Å². The molecule has 0 fully saturated rings. The first-order valence-corrected chi connectivity index (χ1v) is 15.2. The lowest BCUT2D eigenvalue weighted by molar-refractivity contribution is -0.116. The third-order valence-corrected chi connectivity index (χ3v) is 8.65. The molecule has 0 saturated carbocycles. The van der Waals surface area contributed by atoms with E-state index in [1.54, 1.807) is 6.07 Å². The number of carbonyl (C=O) groups excluding carboxylic acids is 1. The Balaban J connectivity index is 1.50. The van der Waals surface area contributed by atoms with Crippen molar-refractivity contribution >= 4 is 66.2 Å². The maximum Gasteiger partial charge on any atom is 0.261 e. The van der Waals surface area contributed by atoms with Gasteiger partial charge in [0.2, 0.25) is 15.9 Å². The van der Waals surface area contributed by atoms with E-state index in [0.29, 0.717) is 29.7 Å². The Hall–Kier alpha value is -3.19. The highest BCUT2D eigenvalue weighted by molar-refractivity contribution is 7.92. The molecule has 4 rings (SSSR count). The van der Waals surface area contributed by atoms with E-state index < -0.39 is 32.0 Å². The van der Waals surface area contributed by atoms with Crippen molar-refractivity contribution in [2.75, 3.05) is 33.8 Å². The van der Waals surface area contributed by atoms with Gasteiger partial charge in [0.25, 0.3) is 10.0 Å². The molecule has 3 aromatic carbocycles. The monoisotopic (exact) mass is 599 g/mol. The highest BCUT2D eigenvalue weighted by atomic mass is 35.5. The van der Waals surface area contributed by atoms with Crippen molar-refractivity contribution in [3.05, 3.63) is 70.7 Å². The zero-order valence-electron chi connectivity index (χ0n) is 20.1. The summed E-state index contributed by atoms with van der Waals surface area (Å²) in [6.07, 6.45) is 0.993. The molecule has 38 heavy (non-hydrogen) atoms. The number of benzene rings is 3. The lowest BCUT2D eigenvalue weighted by atomic mass is 10.2. The van der Waals surface area contributed by atoms with E-state index in [1.807, 2.05) is 0 Å². The van der Waals surface area contributed by atoms with Crippen LogP contribution in [-0.2, 0) is 24.8 Å². The molecule has 2 N–H and O–H groups in total. The number of hydrogen-bond acceptors (Lipinski definition) is 7. The summed E-state index contributed by atoms with van der Waals surface area (Å²) in [5.74, 6) is 0.223. The molecule has 10 nitrogen and oxygen atoms in total. The highest BCUT2D eigenvalue weighted by Gasteiger charge is 2.30. The molecule has 0 saturated heterocycles. The second kappa shape index (κ2) is 10.9. The number of rotatable bonds is 8. The van der Waals surface area contributed by atoms with Crippen LogP contribution in [-0.4, -0.2) is 48.3 Å². The van der Waals surface area contributed by atoms with E-state index in [4.69, 9.17) is 32.7 Å². The molecule has 0 aliphatic carbocycles. The molecule has 3 aromatic rings. The minimum atomic E-state index is -3.99. The predicted octanol–water partition coefficient (Wildman–Crippen LogP) is 4.36. The van der Waals surface area contributed by atoms with Gasteiger partial charge in [0.05, 0.1) is 27.5 Å². The molecule has 14 heteroatoms. The fourth-order valence-corrected chi connectivity index (χ4v) is 6.48. The maximum atomic E-state index is 13.0. The molecule has 0 bridgehead atoms. The molecule has 1 heterocycles. The minimum Gasteiger partial charge on any atom is -0.486 e. The lowest BCUT2D eigenvalue weighted by Gasteiger charge is -2.29. The van der Waals surface area contributed by atoms with Gasteiger partial charge in [-0.3, -0.25) is 13.8 Å². The maximum absolute atomic E-state index is 13.0. The van der Waals surface area contributed by atoms with Gasteiger partial charge in [-0.15, -0.1) is 0 Å². The SMILES string of the molecule is C[C@@H](C(=O)Nc1ccc(S(=O)(=O)Nc2ccc(Cl)cc2Cl)cc1)N(c1ccc2c(c1)OCCO2)S(C)(=O)=O. The molecule has 202 valence electrons. The molecule has 1 aliphatic heterocycles. The van der Waals surface area contributed by atoms with E-state index in [9.17, 15) is 21.6 Å². The molecule has 0 aromatic heterocycles. The van der Waals surface area contributed by atoms with E-state index in [2.05, 4.69) is 10.0 Å². The summed E-state index contributed by atoms with van der Waals surface area (Å²) in [5.41, 5.74) is 0.649. The van der Waals surface area contributed by atoms with Crippen molar-refractivity contribution in [1.29, 1.82) is 0 Å². The standard InChI is InChI=1S/C24H23Cl2N3O7S2/c1-15(29(37(2,31)32)18-6-10-22-23(14-18)36-12-11-35-22)24(30)27-17-4-7-19(8-5-17)38(33,34)28-21-9-3-16(25)13-20(21)26/h3-10,13-15,28H,11-12H2,1-2H3,(H,27,30)/t15-/m0/s1. The lowest BCUT2D eigenvalue weighted by Crippen LogP contribution is -2.45. The fraction of sp³-hybridized carbons (Fsp3) is 0.208. The predicted molar refractivity (Wildman–Crippen MR) is 147 cm³/mol. The normalized spacial score (nSPS) is 13.9. The first kappa shape index (κ1) is 27.8. The largest absolute Gasteiger partial charge is 0.486 e. The second-order valence-corrected chi connectivity index (χ2v) is 12.7. The van der Waals surface area contributed by atoms with Crippen molar-refractivity contribution in [3.63, 3.8) is 0 Å². The van der Waals surface area contributed by atoms with Gasteiger partial charge in [0, 0.05) is 16.8 Å². The number of ether oxygens (including phenoxy) is 2. The second-order valence-electron chi connectivity index (χ2n) is 8.31. The first-order chi connectivity index (χ1) is 17.8. The number of halogens is 2. The molecule has 0 unspecified atom stereocenters. The Kier molecular flexibility index (Phi) is 7.98. The Bertz CT molecular complexity index is 1580. The van der Waals surface area contributed by atoms with Gasteiger partial charge in [-0.2, -0.15) is 0 Å². The molecule has 1 amide bonds. The van der Waals surface area contributed by atoms with Crippen LogP contribution in [0.25, 0.3) is 0 Å². The average molecular weight is 601 g/mol. The van der Waals surface area contributed by atoms with Crippen molar-refractivity contribution in [3.8, 4) is 11.5 Å². The summed E-state index contributed by atoms with van der Waals surface area (Å²) < 4.78 is 65.1. The van der Waals surface area contributed by atoms with Crippen molar-refractivity contribution in [2.24, 2.45) is 0 Å². The number of carbonyl (C=O) groups is 1. The molecular formula is C24H23Cl2N3O7S2. The summed E-state index contributed by atoms with van der Waals surface area (Å²) in [4.78, 5) is 12.9. The molecular weight excluding hydrogens is 577 g/mol. The summed E-state index contributed by atoms with van der Waals surface area (Å²) in [6.45, 7) is 2.14. The zero-order chi connectivity index (χ0) is 27.7. The number of amides is 1. The van der Waals surface area contributed by atoms with Gasteiger partial charge < -0.3 is 14.8 Å². The van der Waals surface area contributed by atoms with Crippen molar-refractivity contribution in [1.82, 2.24) is 0 Å². The topological polar surface area (TPSA) is 131 Å². The highest BCUT2D eigenvalue weighted by Crippen LogP contribution is 2.35. The third kappa shape index (κ3) is 6.26. The van der Waals surface area contributed by atoms with E-state index in [-0.39, 0.29) is 27.0 Å². The first-order valence-electron chi connectivity index (χ1n) is 11.1. The third-order valence-electron chi connectivity index (χ3n) is 5.48. The van der Waals surface area contributed by atoms with Crippen LogP contribution in [0.2, 0.25) is 10.0 Å². The van der Waals surface area contributed by atoms with Gasteiger partial charge >= 0.3 is 0 Å². The van der Waals surface area contributed by atoms with E-state index in [0.717, 1.165) is 10.6 Å². The van der Waals surface area contributed by atoms with Crippen molar-refractivity contribution < 1.29 is 31.1 Å². The van der Waals surface area contributed by atoms with Crippen LogP contribution >= 0.6 is 23.2 Å². The smallest absolute Gasteiger partial charge is 0.261 e.